The van der Waals surface area contributed by atoms with Crippen LogP contribution < -0.4 is 10.6 Å². The van der Waals surface area contributed by atoms with E-state index < -0.39 is 0 Å². The van der Waals surface area contributed by atoms with Gasteiger partial charge in [0.25, 0.3) is 0 Å². The molecule has 0 fully saturated rings. The molecule has 1 aliphatic carbocycles. The van der Waals surface area contributed by atoms with Crippen LogP contribution in [0.1, 0.15) is 55.5 Å². The number of unbranched alkanes of at least 4 members (excludes halogenated alkanes) is 1. The third kappa shape index (κ3) is 4.05. The Bertz CT molecular complexity index is 616. The van der Waals surface area contributed by atoms with E-state index in [0.717, 1.165) is 42.7 Å². The lowest BCUT2D eigenvalue weighted by Gasteiger charge is -2.17. The minimum atomic E-state index is -0.0761. The highest BCUT2D eigenvalue weighted by Gasteiger charge is 2.24. The van der Waals surface area contributed by atoms with E-state index in [4.69, 9.17) is 12.2 Å². The molecule has 0 aromatic carbocycles. The second-order valence-corrected chi connectivity index (χ2v) is 7.29. The maximum Gasteiger partial charge on any atom is 0.226 e. The van der Waals surface area contributed by atoms with E-state index in [-0.39, 0.29) is 11.0 Å². The number of hydrogen-bond acceptors (Lipinski definition) is 4. The summed E-state index contributed by atoms with van der Waals surface area (Å²) >= 11 is 6.78. The monoisotopic (exact) mass is 335 g/mol. The van der Waals surface area contributed by atoms with Gasteiger partial charge >= 0.3 is 0 Å². The van der Waals surface area contributed by atoms with Gasteiger partial charge in [0, 0.05) is 11.3 Å². The molecule has 22 heavy (non-hydrogen) atoms. The van der Waals surface area contributed by atoms with Crippen LogP contribution in [-0.2, 0) is 17.6 Å². The van der Waals surface area contributed by atoms with Crippen LogP contribution in [0.25, 0.3) is 0 Å². The number of anilines is 1. The van der Waals surface area contributed by atoms with Gasteiger partial charge in [-0.25, -0.2) is 0 Å². The Morgan fingerprint density at radius 2 is 2.32 bits per heavy atom. The SMILES string of the molecule is CCCCC(=O)NC(=S)Nc1sc2c(c1C#N)CC[C@@H](C)C2. The molecule has 1 heterocycles. The number of thiophene rings is 1. The fourth-order valence-electron chi connectivity index (χ4n) is 2.62. The average molecular weight is 335 g/mol. The zero-order chi connectivity index (χ0) is 16.1. The van der Waals surface area contributed by atoms with Crippen molar-refractivity contribution in [1.82, 2.24) is 5.32 Å². The molecule has 1 amide bonds. The minimum Gasteiger partial charge on any atom is -0.323 e. The minimum absolute atomic E-state index is 0.0761. The van der Waals surface area contributed by atoms with Crippen molar-refractivity contribution in [3.63, 3.8) is 0 Å². The van der Waals surface area contributed by atoms with Crippen LogP contribution in [0.3, 0.4) is 0 Å². The molecular formula is C16H21N3OS2. The Balaban J connectivity index is 2.05. The third-order valence-electron chi connectivity index (χ3n) is 3.86. The van der Waals surface area contributed by atoms with E-state index >= 15 is 0 Å². The van der Waals surface area contributed by atoms with Crippen LogP contribution in [0.4, 0.5) is 5.00 Å². The van der Waals surface area contributed by atoms with Crippen molar-refractivity contribution in [2.24, 2.45) is 5.92 Å². The lowest BCUT2D eigenvalue weighted by atomic mass is 9.89. The Labute approximate surface area is 140 Å². The molecule has 1 aliphatic rings. The first kappa shape index (κ1) is 16.9. The maximum absolute atomic E-state index is 11.7. The van der Waals surface area contributed by atoms with E-state index in [1.807, 2.05) is 6.92 Å². The first-order valence-corrected chi connectivity index (χ1v) is 8.93. The highest BCUT2D eigenvalue weighted by molar-refractivity contribution is 7.80. The number of fused-ring (bicyclic) bond motifs is 1. The quantitative estimate of drug-likeness (QED) is 0.823. The molecule has 4 nitrogen and oxygen atoms in total. The predicted octanol–water partition coefficient (Wildman–Crippen LogP) is 3.75. The standard InChI is InChI=1S/C16H21N3OS2/c1-3-4-5-14(20)18-16(21)19-15-12(9-17)11-7-6-10(2)8-13(11)22-15/h10H,3-8H2,1-2H3,(H2,18,19,20,21)/t10-/m1/s1. The Morgan fingerprint density at radius 3 is 3.00 bits per heavy atom. The number of amides is 1. The van der Waals surface area contributed by atoms with E-state index in [1.54, 1.807) is 11.3 Å². The fraction of sp³-hybridized carbons (Fsp3) is 0.562. The van der Waals surface area contributed by atoms with E-state index in [0.29, 0.717) is 17.9 Å². The summed E-state index contributed by atoms with van der Waals surface area (Å²) in [6.07, 6.45) is 5.39. The largest absolute Gasteiger partial charge is 0.323 e. The number of nitrogens with one attached hydrogen (secondary N) is 2. The molecular weight excluding hydrogens is 314 g/mol. The molecule has 1 aromatic heterocycles. The van der Waals surface area contributed by atoms with Gasteiger partial charge in [0.05, 0.1) is 5.56 Å². The molecule has 6 heteroatoms. The van der Waals surface area contributed by atoms with Crippen LogP contribution in [0, 0.1) is 17.2 Å². The lowest BCUT2D eigenvalue weighted by molar-refractivity contribution is -0.119. The first-order valence-electron chi connectivity index (χ1n) is 7.70. The molecule has 0 saturated heterocycles. The molecule has 0 spiro atoms. The van der Waals surface area contributed by atoms with Crippen molar-refractivity contribution >= 4 is 39.6 Å². The summed E-state index contributed by atoms with van der Waals surface area (Å²) in [7, 11) is 0. The summed E-state index contributed by atoms with van der Waals surface area (Å²) in [5.41, 5.74) is 1.85. The number of nitrogens with zero attached hydrogens (tertiary/aromatic N) is 1. The van der Waals surface area contributed by atoms with Gasteiger partial charge in [-0.3, -0.25) is 4.79 Å². The summed E-state index contributed by atoms with van der Waals surface area (Å²) in [6.45, 7) is 4.28. The molecule has 2 rings (SSSR count). The molecule has 1 atom stereocenters. The van der Waals surface area contributed by atoms with Gasteiger partial charge in [-0.1, -0.05) is 20.3 Å². The number of nitriles is 1. The summed E-state index contributed by atoms with van der Waals surface area (Å²) in [6, 6.07) is 2.29. The molecule has 0 saturated carbocycles. The van der Waals surface area contributed by atoms with Crippen molar-refractivity contribution in [3.05, 3.63) is 16.0 Å². The van der Waals surface area contributed by atoms with Crippen molar-refractivity contribution in [2.75, 3.05) is 5.32 Å². The Morgan fingerprint density at radius 1 is 1.55 bits per heavy atom. The first-order chi connectivity index (χ1) is 10.5. The van der Waals surface area contributed by atoms with Crippen molar-refractivity contribution in [1.29, 1.82) is 5.26 Å². The lowest BCUT2D eigenvalue weighted by Crippen LogP contribution is -2.33. The van der Waals surface area contributed by atoms with Crippen LogP contribution in [0.5, 0.6) is 0 Å². The molecule has 0 unspecified atom stereocenters. The fourth-order valence-corrected chi connectivity index (χ4v) is 4.26. The zero-order valence-corrected chi connectivity index (χ0v) is 14.6. The van der Waals surface area contributed by atoms with Gasteiger partial charge in [-0.2, -0.15) is 5.26 Å². The van der Waals surface area contributed by atoms with Gasteiger partial charge < -0.3 is 10.6 Å². The zero-order valence-electron chi connectivity index (χ0n) is 13.0. The third-order valence-corrected chi connectivity index (χ3v) is 5.23. The number of thiocarbonyl (C=S) groups is 1. The number of rotatable bonds is 4. The second-order valence-electron chi connectivity index (χ2n) is 5.77. The molecule has 1 aromatic rings. The van der Waals surface area contributed by atoms with Crippen molar-refractivity contribution in [3.8, 4) is 6.07 Å². The smallest absolute Gasteiger partial charge is 0.226 e. The Hall–Kier alpha value is -1.45. The van der Waals surface area contributed by atoms with Gasteiger partial charge in [-0.15, -0.1) is 11.3 Å². The second kappa shape index (κ2) is 7.70. The molecule has 2 N–H and O–H groups in total. The van der Waals surface area contributed by atoms with Crippen LogP contribution in [-0.4, -0.2) is 11.0 Å². The van der Waals surface area contributed by atoms with Gasteiger partial charge in [0.2, 0.25) is 5.91 Å². The summed E-state index contributed by atoms with van der Waals surface area (Å²) < 4.78 is 0. The average Bonchev–Trinajstić information content (AvgIpc) is 2.80. The number of carbonyl (C=O) groups excluding carboxylic acids is 1. The molecule has 118 valence electrons. The molecule has 0 radical (unpaired) electrons. The maximum atomic E-state index is 11.7. The van der Waals surface area contributed by atoms with Crippen LogP contribution in [0.2, 0.25) is 0 Å². The summed E-state index contributed by atoms with van der Waals surface area (Å²) in [5, 5.41) is 16.2. The van der Waals surface area contributed by atoms with Gasteiger partial charge in [-0.05, 0) is 49.4 Å². The van der Waals surface area contributed by atoms with E-state index in [9.17, 15) is 10.1 Å². The Kier molecular flexibility index (Phi) is 5.92. The number of carbonyl (C=O) groups is 1. The predicted molar refractivity (Wildman–Crippen MR) is 94.1 cm³/mol. The molecule has 0 bridgehead atoms. The highest BCUT2D eigenvalue weighted by Crippen LogP contribution is 2.39. The highest BCUT2D eigenvalue weighted by atomic mass is 32.1. The van der Waals surface area contributed by atoms with E-state index in [1.165, 1.54) is 4.88 Å². The van der Waals surface area contributed by atoms with Crippen LogP contribution >= 0.6 is 23.6 Å². The van der Waals surface area contributed by atoms with E-state index in [2.05, 4.69) is 23.6 Å². The van der Waals surface area contributed by atoms with Gasteiger partial charge in [0.1, 0.15) is 11.1 Å². The number of hydrogen-bond donors (Lipinski definition) is 2. The van der Waals surface area contributed by atoms with Gasteiger partial charge in [0.15, 0.2) is 5.11 Å². The summed E-state index contributed by atoms with van der Waals surface area (Å²) in [4.78, 5) is 13.0. The van der Waals surface area contributed by atoms with Crippen molar-refractivity contribution in [2.45, 2.75) is 52.4 Å². The summed E-state index contributed by atoms with van der Waals surface area (Å²) in [5.74, 6) is 0.582. The van der Waals surface area contributed by atoms with Crippen LogP contribution in [0.15, 0.2) is 0 Å². The normalized spacial score (nSPS) is 16.5. The topological polar surface area (TPSA) is 64.9 Å². The molecule has 0 aliphatic heterocycles. The van der Waals surface area contributed by atoms with Crippen molar-refractivity contribution < 1.29 is 4.79 Å².